The van der Waals surface area contributed by atoms with Crippen LogP contribution in [0.1, 0.15) is 22.5 Å². The smallest absolute Gasteiger partial charge is 0.267 e. The third-order valence-corrected chi connectivity index (χ3v) is 6.64. The van der Waals surface area contributed by atoms with Crippen LogP contribution < -0.4 is 9.04 Å². The first-order valence-corrected chi connectivity index (χ1v) is 11.2. The van der Waals surface area contributed by atoms with Crippen molar-refractivity contribution in [2.75, 3.05) is 11.4 Å². The Balaban J connectivity index is 1.86. The highest BCUT2D eigenvalue weighted by Gasteiger charge is 2.29. The number of hydrogen-bond acceptors (Lipinski definition) is 6. The largest absolute Gasteiger partial charge is 0.497 e. The molecule has 4 aromatic rings. The second kappa shape index (κ2) is 7.99. The molecule has 2 heterocycles. The van der Waals surface area contributed by atoms with Crippen molar-refractivity contribution in [1.29, 1.82) is 0 Å². The maximum absolute atomic E-state index is 13.6. The topological polar surface area (TPSA) is 89.7 Å². The molecule has 160 valence electrons. The molecule has 2 aromatic carbocycles. The first-order valence-electron chi connectivity index (χ1n) is 9.71. The van der Waals surface area contributed by atoms with E-state index in [4.69, 9.17) is 4.74 Å². The van der Waals surface area contributed by atoms with Crippen LogP contribution in [0.4, 0.5) is 5.95 Å². The summed E-state index contributed by atoms with van der Waals surface area (Å²) in [4.78, 5) is 8.99. The highest BCUT2D eigenvalue weighted by atomic mass is 32.2. The molecule has 0 saturated heterocycles. The van der Waals surface area contributed by atoms with Crippen molar-refractivity contribution >= 4 is 21.7 Å². The van der Waals surface area contributed by atoms with Crippen molar-refractivity contribution in [3.8, 4) is 5.75 Å². The van der Waals surface area contributed by atoms with Crippen molar-refractivity contribution in [2.45, 2.75) is 32.2 Å². The van der Waals surface area contributed by atoms with Gasteiger partial charge in [0.1, 0.15) is 5.75 Å². The molecule has 0 bridgehead atoms. The van der Waals surface area contributed by atoms with E-state index in [0.717, 1.165) is 22.5 Å². The predicted molar refractivity (Wildman–Crippen MR) is 118 cm³/mol. The summed E-state index contributed by atoms with van der Waals surface area (Å²) in [6, 6.07) is 15.8. The summed E-state index contributed by atoms with van der Waals surface area (Å²) < 4.78 is 35.3. The van der Waals surface area contributed by atoms with E-state index >= 15 is 0 Å². The summed E-state index contributed by atoms with van der Waals surface area (Å²) in [5, 5.41) is 4.46. The van der Waals surface area contributed by atoms with Gasteiger partial charge < -0.3 is 4.74 Å². The Hall–Kier alpha value is -3.46. The Labute approximate surface area is 181 Å². The number of nitrogens with zero attached hydrogens (tertiary/aromatic N) is 5. The van der Waals surface area contributed by atoms with E-state index in [1.54, 1.807) is 42.0 Å². The lowest BCUT2D eigenvalue weighted by atomic mass is 10.2. The Morgan fingerprint density at radius 2 is 1.74 bits per heavy atom. The van der Waals surface area contributed by atoms with Crippen molar-refractivity contribution in [1.82, 2.24) is 19.6 Å². The number of benzene rings is 2. The lowest BCUT2D eigenvalue weighted by molar-refractivity contribution is 0.414. The summed E-state index contributed by atoms with van der Waals surface area (Å²) in [6.07, 6.45) is 0. The number of hydrogen-bond donors (Lipinski definition) is 0. The number of aromatic nitrogens is 4. The highest BCUT2D eigenvalue weighted by Crippen LogP contribution is 2.25. The molecule has 0 amide bonds. The van der Waals surface area contributed by atoms with Gasteiger partial charge in [-0.05, 0) is 56.7 Å². The van der Waals surface area contributed by atoms with E-state index in [0.29, 0.717) is 11.5 Å². The van der Waals surface area contributed by atoms with Crippen LogP contribution in [-0.2, 0) is 16.6 Å². The molecule has 0 aliphatic carbocycles. The molecule has 0 aliphatic heterocycles. The van der Waals surface area contributed by atoms with E-state index < -0.39 is 10.0 Å². The van der Waals surface area contributed by atoms with E-state index in [-0.39, 0.29) is 17.4 Å². The van der Waals surface area contributed by atoms with Crippen LogP contribution in [0.2, 0.25) is 0 Å². The molecule has 0 fully saturated rings. The molecule has 0 spiro atoms. The number of aryl methyl sites for hydroxylation is 3. The summed E-state index contributed by atoms with van der Waals surface area (Å²) in [5.74, 6) is 1.05. The molecule has 0 saturated carbocycles. The number of ether oxygens (including phenoxy) is 1. The Morgan fingerprint density at radius 3 is 2.45 bits per heavy atom. The first-order chi connectivity index (χ1) is 14.8. The van der Waals surface area contributed by atoms with Gasteiger partial charge in [0.05, 0.1) is 18.6 Å². The molecular formula is C22H23N5O3S. The van der Waals surface area contributed by atoms with Crippen molar-refractivity contribution in [3.63, 3.8) is 0 Å². The van der Waals surface area contributed by atoms with Crippen LogP contribution >= 0.6 is 0 Å². The summed E-state index contributed by atoms with van der Waals surface area (Å²) >= 11 is 0. The molecule has 2 aromatic heterocycles. The Bertz CT molecular complexity index is 1350. The zero-order chi connectivity index (χ0) is 22.2. The summed E-state index contributed by atoms with van der Waals surface area (Å²) in [5.41, 5.74) is 3.31. The molecule has 0 unspecified atom stereocenters. The number of fused-ring (bicyclic) bond motifs is 1. The minimum Gasteiger partial charge on any atom is -0.497 e. The fourth-order valence-electron chi connectivity index (χ4n) is 3.30. The summed E-state index contributed by atoms with van der Waals surface area (Å²) in [7, 11) is -2.36. The first kappa shape index (κ1) is 20.8. The van der Waals surface area contributed by atoms with Gasteiger partial charge in [-0.2, -0.15) is 9.50 Å². The maximum Gasteiger partial charge on any atom is 0.267 e. The van der Waals surface area contributed by atoms with Crippen LogP contribution in [0, 0.1) is 20.8 Å². The lowest BCUT2D eigenvalue weighted by Gasteiger charge is -2.21. The molecular weight excluding hydrogens is 414 g/mol. The van der Waals surface area contributed by atoms with E-state index in [1.165, 1.54) is 4.31 Å². The normalized spacial score (nSPS) is 11.6. The third kappa shape index (κ3) is 4.09. The van der Waals surface area contributed by atoms with Crippen LogP contribution in [-0.4, -0.2) is 35.1 Å². The number of methoxy groups -OCH3 is 1. The molecule has 31 heavy (non-hydrogen) atoms. The second-order valence-corrected chi connectivity index (χ2v) is 9.20. The average molecular weight is 438 g/mol. The molecule has 9 heteroatoms. The minimum absolute atomic E-state index is 0.0440. The highest BCUT2D eigenvalue weighted by molar-refractivity contribution is 7.92. The van der Waals surface area contributed by atoms with Gasteiger partial charge in [0.25, 0.3) is 21.7 Å². The molecule has 4 rings (SSSR count). The predicted octanol–water partition coefficient (Wildman–Crippen LogP) is 3.45. The van der Waals surface area contributed by atoms with Crippen molar-refractivity contribution in [2.24, 2.45) is 0 Å². The van der Waals surface area contributed by atoms with Crippen molar-refractivity contribution < 1.29 is 13.2 Å². The third-order valence-electron chi connectivity index (χ3n) is 4.90. The second-order valence-electron chi connectivity index (χ2n) is 7.34. The van der Waals surface area contributed by atoms with Crippen LogP contribution in [0.25, 0.3) is 5.78 Å². The van der Waals surface area contributed by atoms with Crippen LogP contribution in [0.15, 0.2) is 59.5 Å². The van der Waals surface area contributed by atoms with Gasteiger partial charge in [-0.25, -0.2) is 17.7 Å². The van der Waals surface area contributed by atoms with Crippen molar-refractivity contribution in [3.05, 3.63) is 77.1 Å². The average Bonchev–Trinajstić information content (AvgIpc) is 3.16. The molecule has 8 nitrogen and oxygen atoms in total. The Morgan fingerprint density at radius 1 is 1.00 bits per heavy atom. The van der Waals surface area contributed by atoms with Gasteiger partial charge in [-0.15, -0.1) is 5.10 Å². The quantitative estimate of drug-likeness (QED) is 0.459. The Kier molecular flexibility index (Phi) is 5.36. The molecule has 0 N–H and O–H groups in total. The van der Waals surface area contributed by atoms with Gasteiger partial charge in [0.15, 0.2) is 0 Å². The minimum atomic E-state index is -3.93. The van der Waals surface area contributed by atoms with Gasteiger partial charge in [-0.1, -0.05) is 29.8 Å². The van der Waals surface area contributed by atoms with Gasteiger partial charge >= 0.3 is 0 Å². The zero-order valence-electron chi connectivity index (χ0n) is 17.8. The zero-order valence-corrected chi connectivity index (χ0v) is 18.6. The van der Waals surface area contributed by atoms with Gasteiger partial charge in [0, 0.05) is 11.4 Å². The van der Waals surface area contributed by atoms with E-state index in [9.17, 15) is 8.42 Å². The SMILES string of the molecule is COc1cccc(CN(c2nc3nc(C)cc(C)n3n2)S(=O)(=O)c2ccc(C)cc2)c1. The number of sulfonamides is 1. The molecule has 0 aliphatic rings. The number of rotatable bonds is 6. The fourth-order valence-corrected chi connectivity index (χ4v) is 4.64. The van der Waals surface area contributed by atoms with E-state index in [1.807, 2.05) is 45.0 Å². The summed E-state index contributed by atoms with van der Waals surface area (Å²) in [6.45, 7) is 5.69. The standard InChI is InChI=1S/C22H23N5O3S/c1-15-8-10-20(11-9-15)31(28,29)26(14-18-6-5-7-19(13-18)30-4)22-24-21-23-16(2)12-17(3)27(21)25-22/h5-13H,14H2,1-4H3. The molecule has 0 atom stereocenters. The van der Waals surface area contributed by atoms with Gasteiger partial charge in [-0.3, -0.25) is 0 Å². The maximum atomic E-state index is 13.6. The van der Waals surface area contributed by atoms with Crippen LogP contribution in [0.5, 0.6) is 5.75 Å². The fraction of sp³-hybridized carbons (Fsp3) is 0.227. The van der Waals surface area contributed by atoms with Crippen LogP contribution in [0.3, 0.4) is 0 Å². The van der Waals surface area contributed by atoms with Gasteiger partial charge in [0.2, 0.25) is 0 Å². The lowest BCUT2D eigenvalue weighted by Crippen LogP contribution is -2.31. The van der Waals surface area contributed by atoms with E-state index in [2.05, 4.69) is 15.1 Å². The number of anilines is 1. The monoisotopic (exact) mass is 437 g/mol. The molecule has 0 radical (unpaired) electrons.